The summed E-state index contributed by atoms with van der Waals surface area (Å²) in [5, 5.41) is 0. The molecule has 0 amide bonds. The van der Waals surface area contributed by atoms with E-state index >= 15 is 0 Å². The van der Waals surface area contributed by atoms with Gasteiger partial charge in [0.15, 0.2) is 5.78 Å². The molecule has 0 spiro atoms. The topological polar surface area (TPSA) is 43.4 Å². The molecule has 2 atom stereocenters. The molecular weight excluding hydrogens is 422 g/mol. The molecule has 4 heteroatoms. The fraction of sp³-hybridized carbons (Fsp3) is 0.533. The number of hydrogen-bond acceptors (Lipinski definition) is 3. The van der Waals surface area contributed by atoms with Crippen molar-refractivity contribution in [2.45, 2.75) is 77.9 Å². The van der Waals surface area contributed by atoms with Crippen LogP contribution in [0.2, 0.25) is 0 Å². The average Bonchev–Trinajstić information content (AvgIpc) is 2.83. The van der Waals surface area contributed by atoms with E-state index in [4.69, 9.17) is 4.74 Å². The van der Waals surface area contributed by atoms with E-state index in [0.717, 1.165) is 57.2 Å². The molecule has 1 saturated heterocycles. The van der Waals surface area contributed by atoms with Gasteiger partial charge in [0.25, 0.3) is 0 Å². The van der Waals surface area contributed by atoms with Gasteiger partial charge in [-0.1, -0.05) is 55.0 Å². The number of piperidine rings is 1. The first kappa shape index (κ1) is 24.7. The van der Waals surface area contributed by atoms with E-state index in [2.05, 4.69) is 56.3 Å². The second-order valence-electron chi connectivity index (χ2n) is 10.7. The number of carbonyl (C=O) groups excluding carboxylic acids is 2. The molecular formula is C30H40NO3+. The van der Waals surface area contributed by atoms with Gasteiger partial charge in [-0.2, -0.15) is 0 Å². The Bertz CT molecular complexity index is 960. The van der Waals surface area contributed by atoms with Crippen LogP contribution < -0.4 is 0 Å². The summed E-state index contributed by atoms with van der Waals surface area (Å²) in [5.74, 6) is 0.103. The first-order valence-electron chi connectivity index (χ1n) is 13.1. The van der Waals surface area contributed by atoms with Gasteiger partial charge in [-0.15, -0.1) is 0 Å². The smallest absolute Gasteiger partial charge is 0.314 e. The molecule has 1 saturated carbocycles. The van der Waals surface area contributed by atoms with Crippen LogP contribution in [0.3, 0.4) is 0 Å². The van der Waals surface area contributed by atoms with Crippen LogP contribution in [0.1, 0.15) is 67.2 Å². The Hall–Kier alpha value is -2.46. The highest BCUT2D eigenvalue weighted by molar-refractivity contribution is 5.82. The van der Waals surface area contributed by atoms with E-state index < -0.39 is 0 Å². The summed E-state index contributed by atoms with van der Waals surface area (Å²) in [7, 11) is 0. The van der Waals surface area contributed by atoms with E-state index in [1.807, 2.05) is 6.07 Å². The Morgan fingerprint density at radius 1 is 0.882 bits per heavy atom. The van der Waals surface area contributed by atoms with Gasteiger partial charge in [0, 0.05) is 12.0 Å². The van der Waals surface area contributed by atoms with Gasteiger partial charge in [-0.25, -0.2) is 0 Å². The number of Topliss-reactive ketones (excluding diaryl/α,β-unsaturated/α-hetero) is 1. The number of aryl methyl sites for hydroxylation is 2. The molecule has 2 aliphatic rings. The lowest BCUT2D eigenvalue weighted by Crippen LogP contribution is -2.57. The Morgan fingerprint density at radius 2 is 1.59 bits per heavy atom. The molecule has 4 nitrogen and oxygen atoms in total. The summed E-state index contributed by atoms with van der Waals surface area (Å²) in [4.78, 5) is 26.6. The first-order chi connectivity index (χ1) is 16.4. The van der Waals surface area contributed by atoms with Crippen LogP contribution in [-0.4, -0.2) is 42.0 Å². The molecule has 0 N–H and O–H groups in total. The first-order valence-corrected chi connectivity index (χ1v) is 13.1. The van der Waals surface area contributed by atoms with Gasteiger partial charge in [0.1, 0.15) is 25.1 Å². The molecule has 2 aromatic rings. The zero-order chi connectivity index (χ0) is 24.0. The van der Waals surface area contributed by atoms with Crippen molar-refractivity contribution in [3.05, 3.63) is 70.8 Å². The van der Waals surface area contributed by atoms with Gasteiger partial charge in [-0.3, -0.25) is 9.59 Å². The molecule has 0 aromatic heterocycles. The Morgan fingerprint density at radius 3 is 2.29 bits per heavy atom. The van der Waals surface area contributed by atoms with Gasteiger partial charge in [0.2, 0.25) is 0 Å². The van der Waals surface area contributed by atoms with E-state index in [0.29, 0.717) is 24.0 Å². The van der Waals surface area contributed by atoms with Gasteiger partial charge in [-0.05, 0) is 69.1 Å². The highest BCUT2D eigenvalue weighted by atomic mass is 16.5. The molecule has 2 fully saturated rings. The van der Waals surface area contributed by atoms with Crippen molar-refractivity contribution in [3.63, 3.8) is 0 Å². The van der Waals surface area contributed by atoms with E-state index in [1.54, 1.807) is 0 Å². The van der Waals surface area contributed by atoms with Crippen molar-refractivity contribution in [2.24, 2.45) is 5.92 Å². The van der Waals surface area contributed by atoms with E-state index in [-0.39, 0.29) is 23.8 Å². The molecule has 1 aliphatic heterocycles. The fourth-order valence-electron chi connectivity index (χ4n) is 6.03. The van der Waals surface area contributed by atoms with Crippen LogP contribution in [0, 0.1) is 19.8 Å². The predicted octanol–water partition coefficient (Wildman–Crippen LogP) is 5.72. The molecule has 4 rings (SSSR count). The van der Waals surface area contributed by atoms with Crippen molar-refractivity contribution in [1.29, 1.82) is 0 Å². The minimum atomic E-state index is -0.118. The number of quaternary nitrogens is 1. The number of ether oxygens (including phenoxy) is 1. The van der Waals surface area contributed by atoms with Crippen molar-refractivity contribution in [2.75, 3.05) is 19.6 Å². The summed E-state index contributed by atoms with van der Waals surface area (Å²) in [6.45, 7) is 7.05. The van der Waals surface area contributed by atoms with Gasteiger partial charge in [0.05, 0.1) is 13.1 Å². The number of benzene rings is 2. The van der Waals surface area contributed by atoms with Crippen LogP contribution in [0.25, 0.3) is 0 Å². The maximum absolute atomic E-state index is 13.4. The normalized spacial score (nSPS) is 23.4. The average molecular weight is 463 g/mol. The minimum Gasteiger partial charge on any atom is -0.462 e. The second-order valence-corrected chi connectivity index (χ2v) is 10.7. The van der Waals surface area contributed by atoms with E-state index in [9.17, 15) is 9.59 Å². The molecule has 182 valence electrons. The number of ketones is 1. The standard InChI is InChI=1S/C30H40NO3/c1-23-11-9-12-24(2)29(23)19-27(32)22-31(20-25-13-5-3-6-14-25)18-10-15-26(21-31)30(33)34-28-16-7-4-8-17-28/h3,5-6,9,11-14,26,28H,4,7-8,10,15-22H2,1-2H3/q+1. The third-order valence-corrected chi connectivity index (χ3v) is 7.85. The van der Waals surface area contributed by atoms with Crippen LogP contribution in [0.15, 0.2) is 48.5 Å². The third-order valence-electron chi connectivity index (χ3n) is 7.85. The number of nitrogens with zero attached hydrogens (tertiary/aromatic N) is 1. The number of likely N-dealkylation sites (tertiary alicyclic amines) is 1. The molecule has 0 radical (unpaired) electrons. The predicted molar refractivity (Wildman–Crippen MR) is 135 cm³/mol. The lowest BCUT2D eigenvalue weighted by Gasteiger charge is -2.43. The fourth-order valence-corrected chi connectivity index (χ4v) is 6.03. The largest absolute Gasteiger partial charge is 0.462 e. The van der Waals surface area contributed by atoms with Crippen molar-refractivity contribution in [3.8, 4) is 0 Å². The lowest BCUT2D eigenvalue weighted by atomic mass is 9.92. The quantitative estimate of drug-likeness (QED) is 0.372. The number of esters is 1. The maximum atomic E-state index is 13.4. The van der Waals surface area contributed by atoms with Crippen LogP contribution >= 0.6 is 0 Å². The minimum absolute atomic E-state index is 0.0376. The van der Waals surface area contributed by atoms with Crippen LogP contribution in [-0.2, 0) is 27.3 Å². The van der Waals surface area contributed by atoms with Crippen LogP contribution in [0.4, 0.5) is 0 Å². The molecule has 34 heavy (non-hydrogen) atoms. The summed E-state index contributed by atoms with van der Waals surface area (Å²) in [6.07, 6.45) is 7.92. The van der Waals surface area contributed by atoms with Crippen molar-refractivity contribution >= 4 is 11.8 Å². The highest BCUT2D eigenvalue weighted by Gasteiger charge is 2.41. The summed E-state index contributed by atoms with van der Waals surface area (Å²) < 4.78 is 6.62. The SMILES string of the molecule is Cc1cccc(C)c1CC(=O)C[N+]1(Cc2ccccc2)CCCC(C(=O)OC2CCCCC2)C1. The summed E-state index contributed by atoms with van der Waals surface area (Å²) in [6, 6.07) is 16.6. The lowest BCUT2D eigenvalue weighted by molar-refractivity contribution is -0.940. The van der Waals surface area contributed by atoms with Crippen LogP contribution in [0.5, 0.6) is 0 Å². The Balaban J connectivity index is 1.50. The molecule has 2 aromatic carbocycles. The second kappa shape index (κ2) is 11.3. The van der Waals surface area contributed by atoms with Crippen molar-refractivity contribution < 1.29 is 18.8 Å². The number of carbonyl (C=O) groups is 2. The number of rotatable bonds is 8. The molecule has 1 heterocycles. The molecule has 0 bridgehead atoms. The highest BCUT2D eigenvalue weighted by Crippen LogP contribution is 2.30. The maximum Gasteiger partial charge on any atom is 0.314 e. The third kappa shape index (κ3) is 6.35. The summed E-state index contributed by atoms with van der Waals surface area (Å²) >= 11 is 0. The van der Waals surface area contributed by atoms with Gasteiger partial charge >= 0.3 is 5.97 Å². The zero-order valence-electron chi connectivity index (χ0n) is 20.9. The van der Waals surface area contributed by atoms with Crippen molar-refractivity contribution in [1.82, 2.24) is 0 Å². The molecule has 2 unspecified atom stereocenters. The van der Waals surface area contributed by atoms with Gasteiger partial charge < -0.3 is 9.22 Å². The van der Waals surface area contributed by atoms with E-state index in [1.165, 1.54) is 23.1 Å². The molecule has 1 aliphatic carbocycles. The monoisotopic (exact) mass is 462 g/mol. The zero-order valence-corrected chi connectivity index (χ0v) is 20.9. The number of hydrogen-bond donors (Lipinski definition) is 0. The Labute approximate surface area is 204 Å². The Kier molecular flexibility index (Phi) is 8.20. The summed E-state index contributed by atoms with van der Waals surface area (Å²) in [5.41, 5.74) is 4.73.